The molecule has 0 heterocycles. The number of para-hydroxylation sites is 1. The summed E-state index contributed by atoms with van der Waals surface area (Å²) >= 11 is 0. The molecule has 0 saturated heterocycles. The van der Waals surface area contributed by atoms with Crippen molar-refractivity contribution < 1.29 is 0 Å². The van der Waals surface area contributed by atoms with E-state index in [0.29, 0.717) is 6.04 Å². The molecule has 0 radical (unpaired) electrons. The number of nitrogens with two attached hydrogens (primary N) is 1. The fraction of sp³-hybridized carbons (Fsp3) is 0.600. The molecule has 1 aliphatic carbocycles. The summed E-state index contributed by atoms with van der Waals surface area (Å²) in [7, 11) is 0. The Morgan fingerprint density at radius 2 is 2.06 bits per heavy atom. The molecule has 94 valence electrons. The minimum Gasteiger partial charge on any atom is -0.367 e. The molecular weight excluding hydrogens is 208 g/mol. The van der Waals surface area contributed by atoms with Gasteiger partial charge in [-0.25, -0.2) is 0 Å². The summed E-state index contributed by atoms with van der Waals surface area (Å²) in [6.07, 6.45) is 4.08. The van der Waals surface area contributed by atoms with Crippen LogP contribution in [0, 0.1) is 12.8 Å². The largest absolute Gasteiger partial charge is 0.367 e. The SMILES string of the molecule is CCN(c1ccccc1C)C(CN)C1CCC1. The number of likely N-dealkylation sites (N-methyl/N-ethyl adjacent to an activating group) is 1. The molecule has 2 N–H and O–H groups in total. The van der Waals surface area contributed by atoms with Gasteiger partial charge in [0.25, 0.3) is 0 Å². The van der Waals surface area contributed by atoms with Crippen molar-refractivity contribution >= 4 is 5.69 Å². The van der Waals surface area contributed by atoms with E-state index < -0.39 is 0 Å². The van der Waals surface area contributed by atoms with Gasteiger partial charge in [-0.3, -0.25) is 0 Å². The lowest BCUT2D eigenvalue weighted by atomic mass is 9.79. The van der Waals surface area contributed by atoms with Crippen LogP contribution in [-0.4, -0.2) is 19.1 Å². The molecule has 1 atom stereocenters. The van der Waals surface area contributed by atoms with E-state index >= 15 is 0 Å². The summed E-state index contributed by atoms with van der Waals surface area (Å²) in [6, 6.07) is 9.16. The molecule has 2 nitrogen and oxygen atoms in total. The summed E-state index contributed by atoms with van der Waals surface area (Å²) < 4.78 is 0. The normalized spacial score (nSPS) is 17.6. The van der Waals surface area contributed by atoms with Crippen LogP contribution in [0.2, 0.25) is 0 Å². The first-order valence-electron chi connectivity index (χ1n) is 6.80. The van der Waals surface area contributed by atoms with E-state index in [1.807, 2.05) is 0 Å². The van der Waals surface area contributed by atoms with Crippen molar-refractivity contribution in [1.82, 2.24) is 0 Å². The highest BCUT2D eigenvalue weighted by Gasteiger charge is 2.30. The molecule has 0 amide bonds. The van der Waals surface area contributed by atoms with Crippen LogP contribution in [-0.2, 0) is 0 Å². The molecule has 1 aromatic carbocycles. The molecule has 1 fully saturated rings. The molecule has 2 heteroatoms. The summed E-state index contributed by atoms with van der Waals surface area (Å²) in [5, 5.41) is 0. The highest BCUT2D eigenvalue weighted by molar-refractivity contribution is 5.54. The van der Waals surface area contributed by atoms with Crippen molar-refractivity contribution in [3.05, 3.63) is 29.8 Å². The first-order chi connectivity index (χ1) is 8.27. The fourth-order valence-electron chi connectivity index (χ4n) is 2.87. The third kappa shape index (κ3) is 2.47. The maximum absolute atomic E-state index is 6.01. The van der Waals surface area contributed by atoms with Gasteiger partial charge in [-0.05, 0) is 44.2 Å². The topological polar surface area (TPSA) is 29.3 Å². The summed E-state index contributed by atoms with van der Waals surface area (Å²) in [6.45, 7) is 6.23. The van der Waals surface area contributed by atoms with Gasteiger partial charge in [-0.1, -0.05) is 24.6 Å². The molecule has 1 unspecified atom stereocenters. The van der Waals surface area contributed by atoms with Gasteiger partial charge in [0.15, 0.2) is 0 Å². The smallest absolute Gasteiger partial charge is 0.0440 e. The number of anilines is 1. The number of aryl methyl sites for hydroxylation is 1. The van der Waals surface area contributed by atoms with Crippen LogP contribution >= 0.6 is 0 Å². The number of rotatable bonds is 5. The Morgan fingerprint density at radius 1 is 1.35 bits per heavy atom. The van der Waals surface area contributed by atoms with Crippen molar-refractivity contribution in [3.8, 4) is 0 Å². The summed E-state index contributed by atoms with van der Waals surface area (Å²) in [5.41, 5.74) is 8.72. The quantitative estimate of drug-likeness (QED) is 0.845. The van der Waals surface area contributed by atoms with Gasteiger partial charge < -0.3 is 10.6 Å². The third-order valence-corrected chi connectivity index (χ3v) is 4.10. The lowest BCUT2D eigenvalue weighted by molar-refractivity contribution is 0.256. The third-order valence-electron chi connectivity index (χ3n) is 4.10. The zero-order valence-electron chi connectivity index (χ0n) is 11.0. The van der Waals surface area contributed by atoms with Crippen LogP contribution in [0.4, 0.5) is 5.69 Å². The molecular formula is C15H24N2. The molecule has 0 aromatic heterocycles. The van der Waals surface area contributed by atoms with Gasteiger partial charge in [0, 0.05) is 24.8 Å². The Balaban J connectivity index is 2.22. The number of benzene rings is 1. The lowest BCUT2D eigenvalue weighted by Crippen LogP contribution is -2.48. The second-order valence-corrected chi connectivity index (χ2v) is 5.07. The average Bonchev–Trinajstić information content (AvgIpc) is 2.28. The van der Waals surface area contributed by atoms with Crippen LogP contribution in [0.25, 0.3) is 0 Å². The summed E-state index contributed by atoms with van der Waals surface area (Å²) in [5.74, 6) is 0.805. The van der Waals surface area contributed by atoms with Crippen LogP contribution in [0.5, 0.6) is 0 Å². The van der Waals surface area contributed by atoms with Gasteiger partial charge in [0.05, 0.1) is 0 Å². The Bertz CT molecular complexity index is 358. The molecule has 1 aliphatic rings. The Hall–Kier alpha value is -1.02. The minimum atomic E-state index is 0.523. The molecule has 0 bridgehead atoms. The zero-order valence-corrected chi connectivity index (χ0v) is 11.0. The molecule has 1 aromatic rings. The van der Waals surface area contributed by atoms with Crippen molar-refractivity contribution in [2.75, 3.05) is 18.0 Å². The van der Waals surface area contributed by atoms with Crippen molar-refractivity contribution in [2.24, 2.45) is 11.7 Å². The molecule has 0 aliphatic heterocycles. The average molecular weight is 232 g/mol. The van der Waals surface area contributed by atoms with E-state index in [2.05, 4.69) is 43.0 Å². The van der Waals surface area contributed by atoms with E-state index in [0.717, 1.165) is 19.0 Å². The van der Waals surface area contributed by atoms with Crippen molar-refractivity contribution in [3.63, 3.8) is 0 Å². The van der Waals surface area contributed by atoms with Crippen molar-refractivity contribution in [1.29, 1.82) is 0 Å². The fourth-order valence-corrected chi connectivity index (χ4v) is 2.87. The lowest BCUT2D eigenvalue weighted by Gasteiger charge is -2.42. The minimum absolute atomic E-state index is 0.523. The standard InChI is InChI=1S/C15H24N2/c1-3-17(14-10-5-4-7-12(14)2)15(11-16)13-8-6-9-13/h4-5,7,10,13,15H,3,6,8-9,11,16H2,1-2H3. The molecule has 0 spiro atoms. The van der Waals surface area contributed by atoms with E-state index in [1.54, 1.807) is 0 Å². The number of hydrogen-bond acceptors (Lipinski definition) is 2. The van der Waals surface area contributed by atoms with Gasteiger partial charge >= 0.3 is 0 Å². The predicted molar refractivity (Wildman–Crippen MR) is 74.4 cm³/mol. The van der Waals surface area contributed by atoms with E-state index in [4.69, 9.17) is 5.73 Å². The van der Waals surface area contributed by atoms with Crippen LogP contribution in [0.15, 0.2) is 24.3 Å². The highest BCUT2D eigenvalue weighted by atomic mass is 15.2. The van der Waals surface area contributed by atoms with Gasteiger partial charge in [0.2, 0.25) is 0 Å². The number of nitrogens with zero attached hydrogens (tertiary/aromatic N) is 1. The van der Waals surface area contributed by atoms with E-state index in [1.165, 1.54) is 30.5 Å². The zero-order chi connectivity index (χ0) is 12.3. The van der Waals surface area contributed by atoms with Crippen molar-refractivity contribution in [2.45, 2.75) is 39.2 Å². The van der Waals surface area contributed by atoms with Gasteiger partial charge in [-0.15, -0.1) is 0 Å². The Morgan fingerprint density at radius 3 is 2.53 bits per heavy atom. The number of hydrogen-bond donors (Lipinski definition) is 1. The van der Waals surface area contributed by atoms with Gasteiger partial charge in [0.1, 0.15) is 0 Å². The Labute approximate surface area is 105 Å². The van der Waals surface area contributed by atoms with E-state index in [-0.39, 0.29) is 0 Å². The first kappa shape index (κ1) is 12.4. The van der Waals surface area contributed by atoms with Crippen LogP contribution in [0.3, 0.4) is 0 Å². The molecule has 1 saturated carbocycles. The highest BCUT2D eigenvalue weighted by Crippen LogP contribution is 2.34. The maximum atomic E-state index is 6.01. The Kier molecular flexibility index (Phi) is 4.06. The van der Waals surface area contributed by atoms with Crippen LogP contribution in [0.1, 0.15) is 31.7 Å². The van der Waals surface area contributed by atoms with Crippen LogP contribution < -0.4 is 10.6 Å². The molecule has 17 heavy (non-hydrogen) atoms. The maximum Gasteiger partial charge on any atom is 0.0440 e. The first-order valence-corrected chi connectivity index (χ1v) is 6.80. The second kappa shape index (κ2) is 5.54. The summed E-state index contributed by atoms with van der Waals surface area (Å²) in [4.78, 5) is 2.50. The predicted octanol–water partition coefficient (Wildman–Crippen LogP) is 2.95. The van der Waals surface area contributed by atoms with Gasteiger partial charge in [-0.2, -0.15) is 0 Å². The van der Waals surface area contributed by atoms with E-state index in [9.17, 15) is 0 Å². The monoisotopic (exact) mass is 232 g/mol. The second-order valence-electron chi connectivity index (χ2n) is 5.07. The molecule has 2 rings (SSSR count).